The Bertz CT molecular complexity index is 352. The van der Waals surface area contributed by atoms with Gasteiger partial charge in [0, 0.05) is 0 Å². The summed E-state index contributed by atoms with van der Waals surface area (Å²) in [6.45, 7) is 13.0. The second kappa shape index (κ2) is 9.79. The number of rotatable bonds is 7. The van der Waals surface area contributed by atoms with E-state index >= 15 is 0 Å². The van der Waals surface area contributed by atoms with E-state index in [2.05, 4.69) is 27.0 Å². The molecule has 0 rings (SSSR count). The molecule has 0 atom stereocenters. The standard InChI is InChI=1S/C15H18B/c1-5-9-13-15(12-8-4)16-14(10-6-2)11-7-3/h5-13H,1-2,4H2,3H3/b11-7-,13-9-,14-10+,15-12+. The van der Waals surface area contributed by atoms with Gasteiger partial charge >= 0.3 is 0 Å². The zero-order valence-corrected chi connectivity index (χ0v) is 9.89. The van der Waals surface area contributed by atoms with Crippen LogP contribution in [0.25, 0.3) is 0 Å². The third-order valence-electron chi connectivity index (χ3n) is 1.74. The van der Waals surface area contributed by atoms with Crippen molar-refractivity contribution in [1.82, 2.24) is 0 Å². The maximum absolute atomic E-state index is 3.69. The minimum atomic E-state index is 1.07. The lowest BCUT2D eigenvalue weighted by Crippen LogP contribution is -1.97. The van der Waals surface area contributed by atoms with E-state index in [0.29, 0.717) is 0 Å². The molecule has 0 aliphatic carbocycles. The van der Waals surface area contributed by atoms with Crippen molar-refractivity contribution in [3.05, 3.63) is 85.4 Å². The van der Waals surface area contributed by atoms with Gasteiger partial charge in [0.25, 0.3) is 0 Å². The molecule has 0 aliphatic heterocycles. The molecular formula is C15H18B. The molecule has 0 saturated carbocycles. The van der Waals surface area contributed by atoms with Crippen LogP contribution in [0.4, 0.5) is 0 Å². The van der Waals surface area contributed by atoms with Gasteiger partial charge in [-0.15, -0.1) is 0 Å². The maximum atomic E-state index is 3.69. The van der Waals surface area contributed by atoms with E-state index in [1.54, 1.807) is 18.2 Å². The van der Waals surface area contributed by atoms with Crippen molar-refractivity contribution in [2.75, 3.05) is 0 Å². The van der Waals surface area contributed by atoms with Crippen LogP contribution in [0.5, 0.6) is 0 Å². The predicted molar refractivity (Wildman–Crippen MR) is 76.5 cm³/mol. The van der Waals surface area contributed by atoms with Crippen molar-refractivity contribution in [2.24, 2.45) is 0 Å². The molecule has 0 aromatic carbocycles. The Morgan fingerprint density at radius 2 is 1.44 bits per heavy atom. The molecule has 0 unspecified atom stereocenters. The Balaban J connectivity index is 4.84. The Kier molecular flexibility index (Phi) is 8.71. The lowest BCUT2D eigenvalue weighted by Gasteiger charge is -2.00. The largest absolute Gasteiger partial charge is 0.191 e. The SMILES string of the molecule is C=C/C=C\C([B]C(/C=C\C)=C/C=C)=C/C=C. The first-order valence-corrected chi connectivity index (χ1v) is 5.20. The molecule has 16 heavy (non-hydrogen) atoms. The summed E-state index contributed by atoms with van der Waals surface area (Å²) < 4.78 is 0. The fourth-order valence-corrected chi connectivity index (χ4v) is 1.14. The van der Waals surface area contributed by atoms with Gasteiger partial charge < -0.3 is 0 Å². The van der Waals surface area contributed by atoms with Gasteiger partial charge in [0.1, 0.15) is 0 Å². The maximum Gasteiger partial charge on any atom is 0.191 e. The predicted octanol–water partition coefficient (Wildman–Crippen LogP) is 4.15. The van der Waals surface area contributed by atoms with E-state index in [1.165, 1.54) is 0 Å². The van der Waals surface area contributed by atoms with Crippen LogP contribution in [0, 0.1) is 0 Å². The lowest BCUT2D eigenvalue weighted by atomic mass is 9.62. The summed E-state index contributed by atoms with van der Waals surface area (Å²) >= 11 is 0. The Labute approximate surface area is 100 Å². The normalized spacial score (nSPS) is 13.1. The summed E-state index contributed by atoms with van der Waals surface area (Å²) in [5.41, 5.74) is 2.17. The van der Waals surface area contributed by atoms with Crippen LogP contribution >= 0.6 is 0 Å². The third-order valence-corrected chi connectivity index (χ3v) is 1.74. The van der Waals surface area contributed by atoms with Crippen LogP contribution in [0.15, 0.2) is 85.4 Å². The van der Waals surface area contributed by atoms with E-state index in [1.807, 2.05) is 43.4 Å². The molecule has 0 heterocycles. The van der Waals surface area contributed by atoms with Crippen molar-refractivity contribution < 1.29 is 0 Å². The van der Waals surface area contributed by atoms with E-state index in [4.69, 9.17) is 0 Å². The molecule has 1 heteroatoms. The first-order chi connectivity index (χ1) is 7.78. The Morgan fingerprint density at radius 3 is 1.88 bits per heavy atom. The molecule has 0 aliphatic rings. The summed E-state index contributed by atoms with van der Waals surface area (Å²) in [4.78, 5) is 0. The Morgan fingerprint density at radius 1 is 0.875 bits per heavy atom. The molecular weight excluding hydrogens is 191 g/mol. The summed E-state index contributed by atoms with van der Waals surface area (Å²) in [6, 6.07) is 0. The van der Waals surface area contributed by atoms with Crippen LogP contribution in [0.2, 0.25) is 0 Å². The highest BCUT2D eigenvalue weighted by molar-refractivity contribution is 6.55. The second-order valence-corrected chi connectivity index (χ2v) is 3.04. The van der Waals surface area contributed by atoms with Gasteiger partial charge in [-0.3, -0.25) is 0 Å². The van der Waals surface area contributed by atoms with Crippen molar-refractivity contribution >= 4 is 7.28 Å². The van der Waals surface area contributed by atoms with Crippen molar-refractivity contribution in [2.45, 2.75) is 6.92 Å². The summed E-state index contributed by atoms with van der Waals surface area (Å²) in [5.74, 6) is 0. The lowest BCUT2D eigenvalue weighted by molar-refractivity contribution is 1.69. The van der Waals surface area contributed by atoms with Crippen molar-refractivity contribution in [3.8, 4) is 0 Å². The monoisotopic (exact) mass is 209 g/mol. The number of hydrogen-bond donors (Lipinski definition) is 0. The van der Waals surface area contributed by atoms with Gasteiger partial charge in [-0.2, -0.15) is 0 Å². The van der Waals surface area contributed by atoms with Crippen LogP contribution in [-0.2, 0) is 0 Å². The summed E-state index contributed by atoms with van der Waals surface area (Å²) in [6.07, 6.45) is 17.1. The number of allylic oxidation sites excluding steroid dienone is 11. The van der Waals surface area contributed by atoms with Crippen LogP contribution < -0.4 is 0 Å². The van der Waals surface area contributed by atoms with Gasteiger partial charge in [-0.25, -0.2) is 0 Å². The zero-order chi connectivity index (χ0) is 12.2. The quantitative estimate of drug-likeness (QED) is 0.436. The molecule has 0 bridgehead atoms. The molecule has 0 amide bonds. The molecule has 0 saturated heterocycles. The molecule has 0 fully saturated rings. The second-order valence-electron chi connectivity index (χ2n) is 3.04. The summed E-state index contributed by atoms with van der Waals surface area (Å²) in [7, 11) is 2.06. The summed E-state index contributed by atoms with van der Waals surface area (Å²) in [5, 5.41) is 0. The average Bonchev–Trinajstić information content (AvgIpc) is 2.27. The Hall–Kier alpha value is -1.76. The van der Waals surface area contributed by atoms with E-state index in [0.717, 1.165) is 10.9 Å². The fourth-order valence-electron chi connectivity index (χ4n) is 1.14. The van der Waals surface area contributed by atoms with Crippen LogP contribution in [0.3, 0.4) is 0 Å². The third kappa shape index (κ3) is 6.66. The highest BCUT2D eigenvalue weighted by Gasteiger charge is 1.97. The smallest absolute Gasteiger partial charge is 0.0991 e. The molecule has 0 aromatic heterocycles. The molecule has 0 spiro atoms. The highest BCUT2D eigenvalue weighted by atomic mass is 13.8. The first kappa shape index (κ1) is 14.2. The molecule has 0 N–H and O–H groups in total. The van der Waals surface area contributed by atoms with Gasteiger partial charge in [0.05, 0.1) is 0 Å². The minimum absolute atomic E-state index is 1.07. The molecule has 81 valence electrons. The van der Waals surface area contributed by atoms with Crippen LogP contribution in [-0.4, -0.2) is 7.28 Å². The minimum Gasteiger partial charge on any atom is -0.0991 e. The first-order valence-electron chi connectivity index (χ1n) is 5.20. The highest BCUT2D eigenvalue weighted by Crippen LogP contribution is 2.05. The van der Waals surface area contributed by atoms with Crippen molar-refractivity contribution in [1.29, 1.82) is 0 Å². The van der Waals surface area contributed by atoms with Gasteiger partial charge in [-0.05, 0) is 6.92 Å². The molecule has 0 nitrogen and oxygen atoms in total. The van der Waals surface area contributed by atoms with E-state index in [9.17, 15) is 0 Å². The van der Waals surface area contributed by atoms with E-state index < -0.39 is 0 Å². The number of hydrogen-bond acceptors (Lipinski definition) is 0. The van der Waals surface area contributed by atoms with Crippen molar-refractivity contribution in [3.63, 3.8) is 0 Å². The van der Waals surface area contributed by atoms with Crippen LogP contribution in [0.1, 0.15) is 6.92 Å². The molecule has 1 radical (unpaired) electrons. The van der Waals surface area contributed by atoms with E-state index in [-0.39, 0.29) is 0 Å². The van der Waals surface area contributed by atoms with Gasteiger partial charge in [0.15, 0.2) is 7.28 Å². The van der Waals surface area contributed by atoms with Gasteiger partial charge in [-0.1, -0.05) is 85.4 Å². The fraction of sp³-hybridized carbons (Fsp3) is 0.0667. The zero-order valence-electron chi connectivity index (χ0n) is 9.89. The molecule has 0 aromatic rings. The average molecular weight is 209 g/mol. The van der Waals surface area contributed by atoms with Gasteiger partial charge in [0.2, 0.25) is 0 Å². The topological polar surface area (TPSA) is 0 Å².